The number of hydrogen-bond donors (Lipinski definition) is 0. The maximum atomic E-state index is 6.94. The molecule has 130 valence electrons. The maximum Gasteiger partial charge on any atom is 0.0135 e. The number of rotatable bonds is 0. The minimum atomic E-state index is -0.250. The van der Waals surface area contributed by atoms with Crippen molar-refractivity contribution in [2.75, 3.05) is 0 Å². The van der Waals surface area contributed by atoms with Gasteiger partial charge in [0.2, 0.25) is 0 Å². The molecule has 1 rings (SSSR count). The molecule has 0 heterocycles. The van der Waals surface area contributed by atoms with Gasteiger partial charge < -0.3 is 50.3 Å². The zero-order valence-corrected chi connectivity index (χ0v) is 19.1. The van der Waals surface area contributed by atoms with Crippen molar-refractivity contribution >= 4 is 9.52 Å². The molecule has 0 bridgehead atoms. The summed E-state index contributed by atoms with van der Waals surface area (Å²) in [6.07, 6.45) is 10.0. The molecule has 0 aromatic rings. The van der Waals surface area contributed by atoms with Gasteiger partial charge in [0, 0.05) is 31.2 Å². The van der Waals surface area contributed by atoms with Crippen LogP contribution < -0.4 is 0 Å². The van der Waals surface area contributed by atoms with E-state index in [9.17, 15) is 0 Å². The van der Waals surface area contributed by atoms with Crippen LogP contribution in [0.25, 0.3) is 5.73 Å². The van der Waals surface area contributed by atoms with E-state index in [2.05, 4.69) is 25.2 Å². The Kier molecular flexibility index (Phi) is 126. The van der Waals surface area contributed by atoms with Crippen molar-refractivity contribution in [2.24, 2.45) is 0 Å². The van der Waals surface area contributed by atoms with E-state index in [-0.39, 0.29) is 71.8 Å². The predicted octanol–water partition coefficient (Wildman–Crippen LogP) is 6.09. The molecule has 0 aromatic carbocycles. The predicted molar refractivity (Wildman–Crippen MR) is 104 cm³/mol. The van der Waals surface area contributed by atoms with Crippen LogP contribution in [0.15, 0.2) is 18.2 Å². The monoisotopic (exact) mass is 335 g/mol. The minimum Gasteiger partial charge on any atom is -0.673 e. The van der Waals surface area contributed by atoms with Gasteiger partial charge in [0.15, 0.2) is 0 Å². The first kappa shape index (κ1) is 59.1. The van der Waals surface area contributed by atoms with Crippen LogP contribution in [0.5, 0.6) is 0 Å². The first-order valence-corrected chi connectivity index (χ1v) is 7.71. The van der Waals surface area contributed by atoms with Crippen molar-refractivity contribution in [3.05, 3.63) is 74.6 Å². The average Bonchev–Trinajstić information content (AvgIpc) is 2.36. The Balaban J connectivity index is -0.0000000113. The molecule has 0 amide bonds. The SMILES string of the molecule is CC(C)(C)[NH-].C[SiH2]C.[C-]1=CC=CC1.[CH3-].[CH3-].[CH3-].[CH3-].[CH3-].[CH3-].[Ti]. The Morgan fingerprint density at radius 2 is 1.20 bits per heavy atom. The fourth-order valence-corrected chi connectivity index (χ4v) is 0.340. The second kappa shape index (κ2) is 42.7. The summed E-state index contributed by atoms with van der Waals surface area (Å²) in [5, 5.41) is 0. The van der Waals surface area contributed by atoms with Gasteiger partial charge in [-0.1, -0.05) is 33.9 Å². The summed E-state index contributed by atoms with van der Waals surface area (Å²) in [6, 6.07) is 0. The molecule has 0 aliphatic heterocycles. The Hall–Kier alpha value is 0.371. The summed E-state index contributed by atoms with van der Waals surface area (Å²) in [5.74, 6) is 0. The van der Waals surface area contributed by atoms with Crippen LogP contribution in [0.2, 0.25) is 13.1 Å². The molecule has 1 nitrogen and oxygen atoms in total. The van der Waals surface area contributed by atoms with E-state index in [1.54, 1.807) is 0 Å². The summed E-state index contributed by atoms with van der Waals surface area (Å²) in [5.41, 5.74) is 6.69. The quantitative estimate of drug-likeness (QED) is 0.378. The second-order valence-electron chi connectivity index (χ2n) is 3.96. The van der Waals surface area contributed by atoms with Gasteiger partial charge in [-0.05, 0) is 0 Å². The van der Waals surface area contributed by atoms with Crippen molar-refractivity contribution in [3.63, 3.8) is 0 Å². The minimum absolute atomic E-state index is 0. The van der Waals surface area contributed by atoms with Crippen LogP contribution >= 0.6 is 0 Å². The molecule has 0 atom stereocenters. The van der Waals surface area contributed by atoms with Crippen LogP contribution in [0.1, 0.15) is 27.2 Å². The second-order valence-corrected chi connectivity index (χ2v) is 5.37. The molecule has 0 saturated carbocycles. The molecule has 0 aromatic heterocycles. The van der Waals surface area contributed by atoms with E-state index >= 15 is 0 Å². The fourth-order valence-electron chi connectivity index (χ4n) is 0.340. The van der Waals surface area contributed by atoms with Gasteiger partial charge in [-0.3, -0.25) is 6.08 Å². The maximum absolute atomic E-state index is 6.94. The third-order valence-electron chi connectivity index (χ3n) is 0.586. The summed E-state index contributed by atoms with van der Waals surface area (Å²) < 4.78 is 0. The van der Waals surface area contributed by atoms with Crippen LogP contribution in [-0.4, -0.2) is 15.1 Å². The van der Waals surface area contributed by atoms with E-state index in [4.69, 9.17) is 5.73 Å². The standard InChI is InChI=1S/C5H5.C4H10N.C2H8Si.6CH3.Ti/c1-2-4-5-3-1;1-4(2,3)5;1-3-2;;;;;;;/h1-3H,4H2;5H,1-3H3;3H2,1-2H3;6*1H3;/q2*-1;;6*-1;. The number of allylic oxidation sites excluding steroid dienone is 4. The van der Waals surface area contributed by atoms with Gasteiger partial charge >= 0.3 is 0 Å². The van der Waals surface area contributed by atoms with E-state index in [1.807, 2.05) is 32.9 Å². The van der Waals surface area contributed by atoms with E-state index in [0.29, 0.717) is 9.52 Å². The average molecular weight is 335 g/mol. The Morgan fingerprint density at radius 3 is 1.25 bits per heavy atom. The molecule has 0 spiro atoms. The topological polar surface area (TPSA) is 23.8 Å². The van der Waals surface area contributed by atoms with Crippen LogP contribution in [0.3, 0.4) is 0 Å². The molecule has 0 fully saturated rings. The normalized spacial score (nSPS) is 8.30. The van der Waals surface area contributed by atoms with Gasteiger partial charge in [0.1, 0.15) is 0 Å². The molecule has 0 unspecified atom stereocenters. The molecule has 20 heavy (non-hydrogen) atoms. The molecule has 3 heteroatoms. The molecular weight excluding hydrogens is 294 g/mol. The summed E-state index contributed by atoms with van der Waals surface area (Å²) >= 11 is 0. The van der Waals surface area contributed by atoms with Gasteiger partial charge in [0.25, 0.3) is 0 Å². The Labute approximate surface area is 151 Å². The Bertz CT molecular complexity index is 134. The van der Waals surface area contributed by atoms with Crippen LogP contribution in [0.4, 0.5) is 0 Å². The van der Waals surface area contributed by atoms with E-state index in [0.717, 1.165) is 6.42 Å². The molecule has 1 aliphatic rings. The summed E-state index contributed by atoms with van der Waals surface area (Å²) in [7, 11) is 0.417. The first-order chi connectivity index (χ1) is 5.91. The third-order valence-corrected chi connectivity index (χ3v) is 0.586. The first-order valence-electron chi connectivity index (χ1n) is 4.88. The van der Waals surface area contributed by atoms with Crippen molar-refractivity contribution in [1.82, 2.24) is 0 Å². The van der Waals surface area contributed by atoms with E-state index < -0.39 is 0 Å². The molecule has 0 radical (unpaired) electrons. The number of hydrogen-bond acceptors (Lipinski definition) is 0. The van der Waals surface area contributed by atoms with Gasteiger partial charge in [-0.15, -0.1) is 12.0 Å². The fraction of sp³-hybridized carbons (Fsp3) is 0.412. The van der Waals surface area contributed by atoms with Crippen molar-refractivity contribution in [3.8, 4) is 0 Å². The van der Waals surface area contributed by atoms with Gasteiger partial charge in [0.05, 0.1) is 0 Å². The molecular formula is C17H41NSiTi-8. The van der Waals surface area contributed by atoms with Crippen molar-refractivity contribution < 1.29 is 21.7 Å². The zero-order chi connectivity index (χ0) is 10.7. The zero-order valence-electron chi connectivity index (χ0n) is 16.1. The van der Waals surface area contributed by atoms with Gasteiger partial charge in [-0.2, -0.15) is 6.08 Å². The van der Waals surface area contributed by atoms with Crippen molar-refractivity contribution in [1.29, 1.82) is 0 Å². The van der Waals surface area contributed by atoms with Crippen LogP contribution in [-0.2, 0) is 21.7 Å². The third kappa shape index (κ3) is 192. The summed E-state index contributed by atoms with van der Waals surface area (Å²) in [6.45, 7) is 10.1. The summed E-state index contributed by atoms with van der Waals surface area (Å²) in [4.78, 5) is 0. The van der Waals surface area contributed by atoms with E-state index in [1.165, 1.54) is 0 Å². The smallest absolute Gasteiger partial charge is 0.0135 e. The number of nitrogens with one attached hydrogen (secondary N) is 1. The molecule has 0 saturated heterocycles. The molecule has 1 aliphatic carbocycles. The largest absolute Gasteiger partial charge is 0.673 e. The van der Waals surface area contributed by atoms with Gasteiger partial charge in [-0.25, -0.2) is 12.2 Å². The molecule has 1 N–H and O–H groups in total. The van der Waals surface area contributed by atoms with Crippen LogP contribution in [0, 0.1) is 50.6 Å². The van der Waals surface area contributed by atoms with Crippen molar-refractivity contribution in [2.45, 2.75) is 45.8 Å². The Morgan fingerprint density at radius 1 is 0.950 bits per heavy atom.